The number of nitrogens with zero attached hydrogens (tertiary/aromatic N) is 1. The molecule has 1 aromatic rings. The van der Waals surface area contributed by atoms with Gasteiger partial charge in [0.2, 0.25) is 0 Å². The van der Waals surface area contributed by atoms with Crippen molar-refractivity contribution in [3.63, 3.8) is 0 Å². The van der Waals surface area contributed by atoms with E-state index in [1.54, 1.807) is 24.3 Å². The summed E-state index contributed by atoms with van der Waals surface area (Å²) in [5, 5.41) is 2.46. The van der Waals surface area contributed by atoms with Gasteiger partial charge in [-0.1, -0.05) is 31.9 Å². The third-order valence-electron chi connectivity index (χ3n) is 5.07. The molecular formula is C20H31N2O2+. The van der Waals surface area contributed by atoms with Crippen LogP contribution in [-0.2, 0) is 4.79 Å². The van der Waals surface area contributed by atoms with Crippen LogP contribution in [0.5, 0.6) is 0 Å². The lowest BCUT2D eigenvalue weighted by Crippen LogP contribution is -2.48. The van der Waals surface area contributed by atoms with E-state index >= 15 is 0 Å². The van der Waals surface area contributed by atoms with Crippen molar-refractivity contribution in [3.05, 3.63) is 29.8 Å². The Bertz CT molecular complexity index is 563. The molecule has 0 spiro atoms. The van der Waals surface area contributed by atoms with Crippen molar-refractivity contribution in [1.29, 1.82) is 0 Å². The van der Waals surface area contributed by atoms with Gasteiger partial charge < -0.3 is 9.80 Å². The van der Waals surface area contributed by atoms with Gasteiger partial charge in [0, 0.05) is 0 Å². The third kappa shape index (κ3) is 5.17. The fourth-order valence-electron chi connectivity index (χ4n) is 3.51. The molecular weight excluding hydrogens is 300 g/mol. The highest BCUT2D eigenvalue weighted by molar-refractivity contribution is 6.51. The number of quaternary nitrogens is 1. The van der Waals surface area contributed by atoms with Crippen molar-refractivity contribution in [3.8, 4) is 0 Å². The lowest BCUT2D eigenvalue weighted by Gasteiger charge is -2.37. The maximum absolute atomic E-state index is 11.0. The number of para-hydroxylation sites is 1. The summed E-state index contributed by atoms with van der Waals surface area (Å²) in [6, 6.07) is 6.85. The number of nitrogens with one attached hydrogen (secondary N) is 1. The zero-order chi connectivity index (χ0) is 17.4. The smallest absolute Gasteiger partial charge is 0.296 e. The van der Waals surface area contributed by atoms with E-state index in [1.807, 2.05) is 0 Å². The Morgan fingerprint density at radius 2 is 1.71 bits per heavy atom. The summed E-state index contributed by atoms with van der Waals surface area (Å²) in [7, 11) is 2.45. The van der Waals surface area contributed by atoms with Crippen LogP contribution in [0.4, 0.5) is 5.69 Å². The minimum atomic E-state index is -0.536. The van der Waals surface area contributed by atoms with Gasteiger partial charge in [-0.05, 0) is 44.2 Å². The monoisotopic (exact) mass is 331 g/mol. The molecule has 0 bridgehead atoms. The van der Waals surface area contributed by atoms with Crippen LogP contribution in [0.1, 0.15) is 62.2 Å². The molecule has 0 unspecified atom stereocenters. The standard InChI is InChI=1S/C12H26N.C8H5NO2/c1-3-4-5-7-10-13(2)11-8-6-9-12-13;10-7-5-3-1-2-4-6(5)9-8(7)11/h3-12H2,1-2H3;1-4H,(H,9,10,11)/q+1;. The van der Waals surface area contributed by atoms with Crippen molar-refractivity contribution < 1.29 is 14.1 Å². The van der Waals surface area contributed by atoms with E-state index in [2.05, 4.69) is 19.3 Å². The lowest BCUT2D eigenvalue weighted by atomic mass is 10.1. The summed E-state index contributed by atoms with van der Waals surface area (Å²) < 4.78 is 1.36. The number of likely N-dealkylation sites (tertiary alicyclic amines) is 1. The Hall–Kier alpha value is -1.68. The normalized spacial score (nSPS) is 18.4. The summed E-state index contributed by atoms with van der Waals surface area (Å²) in [6.45, 7) is 6.59. The quantitative estimate of drug-likeness (QED) is 0.503. The van der Waals surface area contributed by atoms with Crippen LogP contribution in [0.3, 0.4) is 0 Å². The molecule has 1 N–H and O–H groups in total. The van der Waals surface area contributed by atoms with Crippen LogP contribution in [-0.4, -0.2) is 42.9 Å². The van der Waals surface area contributed by atoms with Gasteiger partial charge in [-0.25, -0.2) is 0 Å². The first kappa shape index (κ1) is 18.7. The van der Waals surface area contributed by atoms with Crippen molar-refractivity contribution in [2.24, 2.45) is 0 Å². The SMILES string of the molecule is CCCCCC[N+]1(C)CCCCC1.O=C1Nc2ccccc2C1=O. The molecule has 0 aliphatic carbocycles. The van der Waals surface area contributed by atoms with Crippen LogP contribution in [0, 0.1) is 0 Å². The van der Waals surface area contributed by atoms with E-state index in [0.717, 1.165) is 0 Å². The molecule has 0 saturated carbocycles. The zero-order valence-corrected chi connectivity index (χ0v) is 15.1. The summed E-state index contributed by atoms with van der Waals surface area (Å²) in [4.78, 5) is 21.8. The molecule has 0 radical (unpaired) electrons. The number of fused-ring (bicyclic) bond motifs is 1. The molecule has 0 aromatic heterocycles. The number of piperidine rings is 1. The van der Waals surface area contributed by atoms with Crippen molar-refractivity contribution >= 4 is 17.4 Å². The number of hydrogen-bond donors (Lipinski definition) is 1. The van der Waals surface area contributed by atoms with Crippen molar-refractivity contribution in [2.45, 2.75) is 51.9 Å². The first-order chi connectivity index (χ1) is 11.6. The molecule has 24 heavy (non-hydrogen) atoms. The Balaban J connectivity index is 0.000000175. The van der Waals surface area contributed by atoms with Gasteiger partial charge >= 0.3 is 0 Å². The van der Waals surface area contributed by atoms with E-state index in [4.69, 9.17) is 0 Å². The highest BCUT2D eigenvalue weighted by atomic mass is 16.2. The number of Topliss-reactive ketones (excluding diaryl/α,β-unsaturated/α-hetero) is 1. The van der Waals surface area contributed by atoms with Gasteiger partial charge in [0.05, 0.1) is 37.9 Å². The number of anilines is 1. The minimum absolute atomic E-state index is 0.444. The van der Waals surface area contributed by atoms with Crippen LogP contribution in [0.15, 0.2) is 24.3 Å². The molecule has 4 heteroatoms. The molecule has 4 nitrogen and oxygen atoms in total. The number of carbonyl (C=O) groups is 2. The molecule has 2 aliphatic heterocycles. The van der Waals surface area contributed by atoms with E-state index in [-0.39, 0.29) is 0 Å². The molecule has 0 atom stereocenters. The molecule has 2 aliphatic rings. The van der Waals surface area contributed by atoms with E-state index in [9.17, 15) is 9.59 Å². The number of amides is 1. The Labute approximate surface area is 145 Å². The van der Waals surface area contributed by atoms with Gasteiger partial charge in [-0.2, -0.15) is 0 Å². The van der Waals surface area contributed by atoms with Gasteiger partial charge in [-0.15, -0.1) is 0 Å². The summed E-state index contributed by atoms with van der Waals surface area (Å²) in [5.74, 6) is -0.980. The predicted molar refractivity (Wildman–Crippen MR) is 98.2 cm³/mol. The van der Waals surface area contributed by atoms with Crippen molar-refractivity contribution in [1.82, 2.24) is 0 Å². The number of carbonyl (C=O) groups excluding carboxylic acids is 2. The molecule has 1 amide bonds. The second kappa shape index (κ2) is 8.97. The Morgan fingerprint density at radius 1 is 1.00 bits per heavy atom. The zero-order valence-electron chi connectivity index (χ0n) is 15.1. The van der Waals surface area contributed by atoms with Crippen LogP contribution in [0.25, 0.3) is 0 Å². The summed E-state index contributed by atoms with van der Waals surface area (Å²) in [5.41, 5.74) is 1.08. The number of unbranched alkanes of at least 4 members (excludes halogenated alkanes) is 3. The second-order valence-electron chi connectivity index (χ2n) is 7.24. The summed E-state index contributed by atoms with van der Waals surface area (Å²) >= 11 is 0. The van der Waals surface area contributed by atoms with Gasteiger partial charge in [0.1, 0.15) is 0 Å². The molecule has 3 rings (SSSR count). The molecule has 1 saturated heterocycles. The number of ketones is 1. The molecule has 1 aromatic carbocycles. The van der Waals surface area contributed by atoms with Crippen LogP contribution < -0.4 is 5.32 Å². The lowest BCUT2D eigenvalue weighted by molar-refractivity contribution is -0.914. The van der Waals surface area contributed by atoms with E-state index in [1.165, 1.54) is 69.1 Å². The topological polar surface area (TPSA) is 46.2 Å². The van der Waals surface area contributed by atoms with E-state index < -0.39 is 11.7 Å². The largest absolute Gasteiger partial charge is 0.326 e. The number of benzene rings is 1. The summed E-state index contributed by atoms with van der Waals surface area (Å²) in [6.07, 6.45) is 10.1. The molecule has 2 heterocycles. The molecule has 1 fully saturated rings. The predicted octanol–water partition coefficient (Wildman–Crippen LogP) is 4.02. The Morgan fingerprint density at radius 3 is 2.38 bits per heavy atom. The number of hydrogen-bond acceptors (Lipinski definition) is 2. The maximum atomic E-state index is 11.0. The minimum Gasteiger partial charge on any atom is -0.326 e. The highest BCUT2D eigenvalue weighted by Gasteiger charge is 2.26. The fraction of sp³-hybridized carbons (Fsp3) is 0.600. The average molecular weight is 331 g/mol. The van der Waals surface area contributed by atoms with Gasteiger partial charge in [0.25, 0.3) is 11.7 Å². The van der Waals surface area contributed by atoms with Crippen LogP contribution in [0.2, 0.25) is 0 Å². The fourth-order valence-corrected chi connectivity index (χ4v) is 3.51. The van der Waals surface area contributed by atoms with Crippen molar-refractivity contribution in [2.75, 3.05) is 32.0 Å². The van der Waals surface area contributed by atoms with Crippen LogP contribution >= 0.6 is 0 Å². The first-order valence-corrected chi connectivity index (χ1v) is 9.34. The second-order valence-corrected chi connectivity index (χ2v) is 7.24. The number of rotatable bonds is 5. The molecule has 132 valence electrons. The Kier molecular flexibility index (Phi) is 6.98. The highest BCUT2D eigenvalue weighted by Crippen LogP contribution is 2.21. The van der Waals surface area contributed by atoms with E-state index in [0.29, 0.717) is 11.3 Å². The average Bonchev–Trinajstić information content (AvgIpc) is 2.88. The van der Waals surface area contributed by atoms with Gasteiger partial charge in [0.15, 0.2) is 0 Å². The maximum Gasteiger partial charge on any atom is 0.296 e. The first-order valence-electron chi connectivity index (χ1n) is 9.34. The van der Waals surface area contributed by atoms with Gasteiger partial charge in [-0.3, -0.25) is 9.59 Å². The third-order valence-corrected chi connectivity index (χ3v) is 5.07.